The number of rotatable bonds is 19. The number of ketones is 2. The number of aliphatic hydroxyl groups is 3. The van der Waals surface area contributed by atoms with Gasteiger partial charge in [0.05, 0.1) is 21.3 Å². The quantitative estimate of drug-likeness (QED) is 0.111. The van der Waals surface area contributed by atoms with Gasteiger partial charge in [-0.15, -0.1) is 0 Å². The van der Waals surface area contributed by atoms with Gasteiger partial charge in [0.1, 0.15) is 18.0 Å². The van der Waals surface area contributed by atoms with E-state index in [1.54, 1.807) is 0 Å². The Labute approximate surface area is 333 Å². The number of Topliss-reactive ketones (excluding diaryl/α,β-unsaturated/α-hetero) is 2. The Morgan fingerprint density at radius 3 is 1.29 bits per heavy atom. The Morgan fingerprint density at radius 1 is 0.527 bits per heavy atom. The highest BCUT2D eigenvalue weighted by Gasteiger charge is 2.43. The minimum atomic E-state index is -1.13. The maximum atomic E-state index is 12.5. The van der Waals surface area contributed by atoms with Crippen LogP contribution < -0.4 is 0 Å². The molecule has 3 N–H and O–H groups in total. The van der Waals surface area contributed by atoms with Gasteiger partial charge in [-0.1, -0.05) is 83.7 Å². The molecule has 0 amide bonds. The maximum absolute atomic E-state index is 12.5. The van der Waals surface area contributed by atoms with Crippen LogP contribution in [0.25, 0.3) is 0 Å². The molecule has 0 aliphatic heterocycles. The van der Waals surface area contributed by atoms with Crippen LogP contribution in [0, 0.1) is 23.7 Å². The summed E-state index contributed by atoms with van der Waals surface area (Å²) < 4.78 is 15.4. The lowest BCUT2D eigenvalue weighted by molar-refractivity contribution is -0.132. The molecule has 0 heterocycles. The Hall–Kier alpha value is -3.62. The zero-order valence-electron chi connectivity index (χ0n) is 36.4. The van der Waals surface area contributed by atoms with Crippen molar-refractivity contribution in [2.24, 2.45) is 23.7 Å². The third-order valence-corrected chi connectivity index (χ3v) is 10.7. The van der Waals surface area contributed by atoms with E-state index < -0.39 is 18.0 Å². The highest BCUT2D eigenvalue weighted by atomic mass is 16.5. The summed E-state index contributed by atoms with van der Waals surface area (Å²) in [5.41, 5.74) is 8.07. The van der Waals surface area contributed by atoms with E-state index in [4.69, 9.17) is 14.2 Å². The zero-order valence-corrected chi connectivity index (χ0v) is 36.4. The summed E-state index contributed by atoms with van der Waals surface area (Å²) in [4.78, 5) is 24.6. The van der Waals surface area contributed by atoms with Crippen LogP contribution in [-0.4, -0.2) is 60.4 Å². The van der Waals surface area contributed by atoms with E-state index in [0.29, 0.717) is 12.8 Å². The topological polar surface area (TPSA) is 123 Å². The molecule has 310 valence electrons. The number of methoxy groups -OCH3 is 3. The Bertz CT molecular complexity index is 1510. The number of carbonyl (C=O) groups is 2. The Morgan fingerprint density at radius 2 is 0.909 bits per heavy atom. The summed E-state index contributed by atoms with van der Waals surface area (Å²) >= 11 is 0. The largest absolute Gasteiger partial charge is 0.508 e. The lowest BCUT2D eigenvalue weighted by Gasteiger charge is -2.33. The predicted octanol–water partition coefficient (Wildman–Crippen LogP) is 10.9. The molecule has 8 heteroatoms. The Kier molecular flexibility index (Phi) is 22.9. The second-order valence-electron chi connectivity index (χ2n) is 15.9. The molecule has 2 aliphatic rings. The van der Waals surface area contributed by atoms with Gasteiger partial charge < -0.3 is 29.5 Å². The van der Waals surface area contributed by atoms with Gasteiger partial charge in [0.2, 0.25) is 23.1 Å². The first-order valence-electron chi connectivity index (χ1n) is 20.0. The fourth-order valence-electron chi connectivity index (χ4n) is 6.90. The van der Waals surface area contributed by atoms with E-state index in [9.17, 15) is 24.9 Å². The van der Waals surface area contributed by atoms with E-state index in [1.165, 1.54) is 54.8 Å². The molecule has 0 aromatic heterocycles. The van der Waals surface area contributed by atoms with Gasteiger partial charge in [-0.05, 0) is 120 Å². The zero-order chi connectivity index (χ0) is 41.8. The molecule has 6 atom stereocenters. The van der Waals surface area contributed by atoms with Gasteiger partial charge >= 0.3 is 0 Å². The number of allylic oxidation sites excluding steroid dienone is 14. The van der Waals surface area contributed by atoms with Crippen molar-refractivity contribution in [2.45, 2.75) is 146 Å². The van der Waals surface area contributed by atoms with Crippen molar-refractivity contribution in [1.82, 2.24) is 0 Å². The molecule has 55 heavy (non-hydrogen) atoms. The predicted molar refractivity (Wildman–Crippen MR) is 225 cm³/mol. The van der Waals surface area contributed by atoms with Crippen molar-refractivity contribution in [1.29, 1.82) is 0 Å². The van der Waals surface area contributed by atoms with E-state index in [2.05, 4.69) is 91.8 Å². The van der Waals surface area contributed by atoms with Crippen LogP contribution in [0.5, 0.6) is 0 Å². The molecule has 0 radical (unpaired) electrons. The van der Waals surface area contributed by atoms with Crippen molar-refractivity contribution in [3.63, 3.8) is 0 Å². The molecule has 0 bridgehead atoms. The lowest BCUT2D eigenvalue weighted by atomic mass is 9.77. The standard InChI is InChI=1S/C24H38O4.C23H36O4/c1-16(2)10-8-11-17(3)12-9-13-18(4)14-15-20-19(5)21(25)23(27-6)24(28-7)22(20)26;1-15(2)9-7-10-16(3)11-8-12-17(4)13-14-19-18(5)20(24)23(27-6)22(26)21(19)25/h10,12,14,19-20,22,26H,8-9,11,13,15H2,1-7H3;9,11,13,18-19,21,24-25H,7-8,10,12,14H2,1-6H3/b17-12+,18-14+;16-11+,17-13+. The van der Waals surface area contributed by atoms with E-state index in [1.807, 2.05) is 13.8 Å². The molecule has 2 aliphatic carbocycles. The molecular weight excluding hydrogens is 693 g/mol. The molecular formula is C47H74O8. The molecule has 0 aromatic carbocycles. The van der Waals surface area contributed by atoms with Gasteiger partial charge in [0.25, 0.3) is 0 Å². The monoisotopic (exact) mass is 767 g/mol. The summed E-state index contributed by atoms with van der Waals surface area (Å²) in [5.74, 6) is -1.54. The second-order valence-corrected chi connectivity index (χ2v) is 15.9. The van der Waals surface area contributed by atoms with E-state index in [0.717, 1.165) is 51.4 Å². The van der Waals surface area contributed by atoms with Crippen LogP contribution in [0.1, 0.15) is 133 Å². The van der Waals surface area contributed by atoms with Crippen molar-refractivity contribution in [2.75, 3.05) is 21.3 Å². The second kappa shape index (κ2) is 25.5. The van der Waals surface area contributed by atoms with Gasteiger partial charge in [0.15, 0.2) is 5.76 Å². The number of aliphatic hydroxyl groups excluding tert-OH is 3. The highest BCUT2D eigenvalue weighted by Crippen LogP contribution is 2.36. The maximum Gasteiger partial charge on any atom is 0.229 e. The van der Waals surface area contributed by atoms with E-state index in [-0.39, 0.29) is 52.5 Å². The summed E-state index contributed by atoms with van der Waals surface area (Å²) in [6, 6.07) is 0. The molecule has 6 unspecified atom stereocenters. The van der Waals surface area contributed by atoms with Crippen LogP contribution in [0.2, 0.25) is 0 Å². The van der Waals surface area contributed by atoms with Gasteiger partial charge in [-0.3, -0.25) is 9.59 Å². The number of hydrogen-bond donors (Lipinski definition) is 3. The molecule has 2 rings (SSSR count). The van der Waals surface area contributed by atoms with Crippen LogP contribution in [0.4, 0.5) is 0 Å². The smallest absolute Gasteiger partial charge is 0.229 e. The minimum Gasteiger partial charge on any atom is -0.508 e. The van der Waals surface area contributed by atoms with Crippen LogP contribution in [-0.2, 0) is 23.8 Å². The Balaban J connectivity index is 0.000000550. The molecule has 0 fully saturated rings. The third kappa shape index (κ3) is 16.6. The first-order valence-corrected chi connectivity index (χ1v) is 20.0. The van der Waals surface area contributed by atoms with Gasteiger partial charge in [0, 0.05) is 23.7 Å². The van der Waals surface area contributed by atoms with Gasteiger partial charge in [-0.2, -0.15) is 0 Å². The number of hydrogen-bond acceptors (Lipinski definition) is 8. The van der Waals surface area contributed by atoms with Crippen LogP contribution >= 0.6 is 0 Å². The summed E-state index contributed by atoms with van der Waals surface area (Å²) in [6.07, 6.45) is 21.0. The molecule has 0 saturated heterocycles. The fourth-order valence-corrected chi connectivity index (χ4v) is 6.90. The lowest BCUT2D eigenvalue weighted by Crippen LogP contribution is -2.40. The van der Waals surface area contributed by atoms with Crippen molar-refractivity contribution < 1.29 is 39.1 Å². The molecule has 0 spiro atoms. The molecule has 0 aromatic rings. The van der Waals surface area contributed by atoms with Crippen LogP contribution in [0.3, 0.4) is 0 Å². The normalized spacial score (nSPS) is 24.0. The molecule has 8 nitrogen and oxygen atoms in total. The van der Waals surface area contributed by atoms with Crippen molar-refractivity contribution >= 4 is 11.6 Å². The van der Waals surface area contributed by atoms with Crippen molar-refractivity contribution in [3.8, 4) is 0 Å². The summed E-state index contributed by atoms with van der Waals surface area (Å²) in [7, 11) is 4.24. The highest BCUT2D eigenvalue weighted by molar-refractivity contribution is 5.98. The first kappa shape index (κ1) is 49.4. The average molecular weight is 767 g/mol. The number of ether oxygens (including phenoxy) is 3. The average Bonchev–Trinajstić information content (AvgIpc) is 3.12. The first-order chi connectivity index (χ1) is 25.9. The summed E-state index contributed by atoms with van der Waals surface area (Å²) in [5, 5.41) is 31.1. The fraction of sp³-hybridized carbons (Fsp3) is 0.617. The van der Waals surface area contributed by atoms with Crippen molar-refractivity contribution in [3.05, 3.63) is 92.9 Å². The van der Waals surface area contributed by atoms with Gasteiger partial charge in [-0.25, -0.2) is 0 Å². The molecule has 0 saturated carbocycles. The number of carbonyl (C=O) groups excluding carboxylic acids is 2. The summed E-state index contributed by atoms with van der Waals surface area (Å²) in [6.45, 7) is 20.7. The van der Waals surface area contributed by atoms with E-state index >= 15 is 0 Å². The minimum absolute atomic E-state index is 0.0567. The van der Waals surface area contributed by atoms with Crippen LogP contribution in [0.15, 0.2) is 92.9 Å². The third-order valence-electron chi connectivity index (χ3n) is 10.7. The SMILES string of the molecule is COC1=C(O)C(C)C(C/C=C(\C)CC/C=C(\C)CCC=C(C)C)C(O)C1=O.COC1=C(OC)C(O)C(C/C=C(\C)CC/C=C(\C)CCC=C(C)C)C(C)C1=O.